The van der Waals surface area contributed by atoms with Crippen LogP contribution in [0, 0.1) is 11.8 Å². The highest BCUT2D eigenvalue weighted by Crippen LogP contribution is 2.38. The number of hydrogen-bond acceptors (Lipinski definition) is 5. The van der Waals surface area contributed by atoms with Crippen LogP contribution < -0.4 is 5.32 Å². The van der Waals surface area contributed by atoms with Crippen LogP contribution in [0.25, 0.3) is 0 Å². The van der Waals surface area contributed by atoms with Crippen molar-refractivity contribution < 1.29 is 23.9 Å². The molecule has 0 radical (unpaired) electrons. The SMILES string of the molecule is CCNC(=O)[C@@H](C)OC(=O)[C@H](C)N1C(=O)[C@H]2CCCC[C@H]2C1=O. The van der Waals surface area contributed by atoms with Crippen LogP contribution in [0.5, 0.6) is 0 Å². The summed E-state index contributed by atoms with van der Waals surface area (Å²) >= 11 is 0. The molecule has 2 fully saturated rings. The van der Waals surface area contributed by atoms with E-state index in [2.05, 4.69) is 5.32 Å². The minimum atomic E-state index is -1.00. The van der Waals surface area contributed by atoms with Crippen molar-refractivity contribution in [1.82, 2.24) is 10.2 Å². The van der Waals surface area contributed by atoms with Crippen molar-refractivity contribution in [3.8, 4) is 0 Å². The third-order valence-electron chi connectivity index (χ3n) is 4.62. The highest BCUT2D eigenvalue weighted by molar-refractivity contribution is 6.07. The van der Waals surface area contributed by atoms with Crippen molar-refractivity contribution >= 4 is 23.7 Å². The maximum absolute atomic E-state index is 12.4. The number of fused-ring (bicyclic) bond motifs is 1. The van der Waals surface area contributed by atoms with Crippen LogP contribution in [0.2, 0.25) is 0 Å². The van der Waals surface area contributed by atoms with Crippen LogP contribution in [0.15, 0.2) is 0 Å². The zero-order valence-corrected chi connectivity index (χ0v) is 13.8. The molecule has 0 bridgehead atoms. The maximum Gasteiger partial charge on any atom is 0.329 e. The molecule has 1 N–H and O–H groups in total. The molecule has 0 spiro atoms. The minimum Gasteiger partial charge on any atom is -0.451 e. The van der Waals surface area contributed by atoms with Gasteiger partial charge >= 0.3 is 5.97 Å². The fourth-order valence-electron chi connectivity index (χ4n) is 3.32. The van der Waals surface area contributed by atoms with Gasteiger partial charge in [-0.1, -0.05) is 12.8 Å². The Hall–Kier alpha value is -1.92. The van der Waals surface area contributed by atoms with Gasteiger partial charge in [-0.2, -0.15) is 0 Å². The normalized spacial score (nSPS) is 26.5. The van der Waals surface area contributed by atoms with Gasteiger partial charge in [0.15, 0.2) is 6.10 Å². The van der Waals surface area contributed by atoms with Gasteiger partial charge in [-0.05, 0) is 33.6 Å². The summed E-state index contributed by atoms with van der Waals surface area (Å²) in [6.45, 7) is 5.13. The van der Waals surface area contributed by atoms with Crippen LogP contribution in [0.4, 0.5) is 0 Å². The molecule has 0 aromatic carbocycles. The van der Waals surface area contributed by atoms with Gasteiger partial charge in [-0.3, -0.25) is 19.3 Å². The summed E-state index contributed by atoms with van der Waals surface area (Å²) in [7, 11) is 0. The predicted molar refractivity (Wildman–Crippen MR) is 81.0 cm³/mol. The molecule has 0 aromatic rings. The van der Waals surface area contributed by atoms with Gasteiger partial charge in [0.25, 0.3) is 5.91 Å². The molecule has 1 aliphatic carbocycles. The zero-order chi connectivity index (χ0) is 17.1. The van der Waals surface area contributed by atoms with Crippen molar-refractivity contribution in [2.75, 3.05) is 6.54 Å². The predicted octanol–water partition coefficient (Wildman–Crippen LogP) is 0.618. The number of amides is 3. The Kier molecular flexibility index (Phi) is 5.38. The lowest BCUT2D eigenvalue weighted by Gasteiger charge is -2.23. The van der Waals surface area contributed by atoms with Crippen LogP contribution in [-0.2, 0) is 23.9 Å². The van der Waals surface area contributed by atoms with Crippen LogP contribution in [0.3, 0.4) is 0 Å². The van der Waals surface area contributed by atoms with E-state index in [1.165, 1.54) is 13.8 Å². The molecule has 1 heterocycles. The van der Waals surface area contributed by atoms with Crippen molar-refractivity contribution in [3.63, 3.8) is 0 Å². The monoisotopic (exact) mass is 324 g/mol. The molecule has 1 saturated heterocycles. The molecule has 4 atom stereocenters. The highest BCUT2D eigenvalue weighted by atomic mass is 16.5. The number of likely N-dealkylation sites (tertiary alicyclic amines) is 1. The Morgan fingerprint density at radius 1 is 1.17 bits per heavy atom. The van der Waals surface area contributed by atoms with Gasteiger partial charge in [0.2, 0.25) is 11.8 Å². The Bertz CT molecular complexity index is 495. The zero-order valence-electron chi connectivity index (χ0n) is 13.8. The van der Waals surface area contributed by atoms with E-state index in [1.807, 2.05) is 0 Å². The fourth-order valence-corrected chi connectivity index (χ4v) is 3.32. The summed E-state index contributed by atoms with van der Waals surface area (Å²) in [5, 5.41) is 2.55. The van der Waals surface area contributed by atoms with Gasteiger partial charge < -0.3 is 10.1 Å². The second-order valence-electron chi connectivity index (χ2n) is 6.19. The molecule has 23 heavy (non-hydrogen) atoms. The summed E-state index contributed by atoms with van der Waals surface area (Å²) in [6, 6.07) is -1.00. The van der Waals surface area contributed by atoms with E-state index in [1.54, 1.807) is 6.92 Å². The van der Waals surface area contributed by atoms with Crippen molar-refractivity contribution in [3.05, 3.63) is 0 Å². The van der Waals surface area contributed by atoms with Gasteiger partial charge in [0, 0.05) is 6.54 Å². The van der Waals surface area contributed by atoms with Gasteiger partial charge in [0.05, 0.1) is 11.8 Å². The largest absolute Gasteiger partial charge is 0.451 e. The number of likely N-dealkylation sites (N-methyl/N-ethyl adjacent to an activating group) is 1. The maximum atomic E-state index is 12.4. The summed E-state index contributed by atoms with van der Waals surface area (Å²) in [5.41, 5.74) is 0. The smallest absolute Gasteiger partial charge is 0.329 e. The molecule has 128 valence electrons. The molecule has 0 aromatic heterocycles. The Labute approximate surface area is 135 Å². The molecule has 2 rings (SSSR count). The molecule has 2 aliphatic rings. The van der Waals surface area contributed by atoms with E-state index in [0.717, 1.165) is 17.7 Å². The third-order valence-corrected chi connectivity index (χ3v) is 4.62. The number of carbonyl (C=O) groups is 4. The standard InChI is InChI=1S/C16H24N2O5/c1-4-17-13(19)10(3)23-16(22)9(2)18-14(20)11-7-5-6-8-12(11)15(18)21/h9-12H,4-8H2,1-3H3,(H,17,19)/t9-,10+,11-,12+/m0/s1. The molecule has 1 saturated carbocycles. The first-order valence-corrected chi connectivity index (χ1v) is 8.23. The van der Waals surface area contributed by atoms with Crippen LogP contribution >= 0.6 is 0 Å². The number of imide groups is 1. The van der Waals surface area contributed by atoms with Crippen molar-refractivity contribution in [2.45, 2.75) is 58.6 Å². The second kappa shape index (κ2) is 7.10. The topological polar surface area (TPSA) is 92.8 Å². The van der Waals surface area contributed by atoms with E-state index >= 15 is 0 Å². The molecule has 7 heteroatoms. The number of hydrogen-bond donors (Lipinski definition) is 1. The van der Waals surface area contributed by atoms with Crippen molar-refractivity contribution in [2.24, 2.45) is 11.8 Å². The lowest BCUT2D eigenvalue weighted by Crippen LogP contribution is -2.46. The molecule has 0 unspecified atom stereocenters. The third kappa shape index (κ3) is 3.38. The highest BCUT2D eigenvalue weighted by Gasteiger charge is 2.51. The summed E-state index contributed by atoms with van der Waals surface area (Å²) in [5.74, 6) is -2.30. The van der Waals surface area contributed by atoms with E-state index in [9.17, 15) is 19.2 Å². The first-order chi connectivity index (χ1) is 10.9. The number of nitrogens with zero attached hydrogens (tertiary/aromatic N) is 1. The minimum absolute atomic E-state index is 0.283. The van der Waals surface area contributed by atoms with Gasteiger partial charge in [-0.15, -0.1) is 0 Å². The number of carbonyl (C=O) groups excluding carboxylic acids is 4. The van der Waals surface area contributed by atoms with Gasteiger partial charge in [0.1, 0.15) is 6.04 Å². The molecule has 7 nitrogen and oxygen atoms in total. The van der Waals surface area contributed by atoms with Gasteiger partial charge in [-0.25, -0.2) is 4.79 Å². The molecular weight excluding hydrogens is 300 g/mol. The van der Waals surface area contributed by atoms with E-state index in [0.29, 0.717) is 19.4 Å². The average Bonchev–Trinajstić information content (AvgIpc) is 2.78. The quantitative estimate of drug-likeness (QED) is 0.591. The van der Waals surface area contributed by atoms with E-state index < -0.39 is 24.0 Å². The lowest BCUT2D eigenvalue weighted by molar-refractivity contribution is -0.164. The number of esters is 1. The number of ether oxygens (including phenoxy) is 1. The Morgan fingerprint density at radius 2 is 1.70 bits per heavy atom. The number of nitrogens with one attached hydrogen (secondary N) is 1. The molecular formula is C16H24N2O5. The molecule has 3 amide bonds. The summed E-state index contributed by atoms with van der Waals surface area (Å²) < 4.78 is 5.09. The van der Waals surface area contributed by atoms with E-state index in [4.69, 9.17) is 4.74 Å². The first kappa shape index (κ1) is 17.4. The number of rotatable bonds is 5. The van der Waals surface area contributed by atoms with Crippen LogP contribution in [-0.4, -0.2) is 47.3 Å². The summed E-state index contributed by atoms with van der Waals surface area (Å²) in [4.78, 5) is 49.7. The first-order valence-electron chi connectivity index (χ1n) is 8.23. The second-order valence-corrected chi connectivity index (χ2v) is 6.19. The lowest BCUT2D eigenvalue weighted by atomic mass is 9.81. The van der Waals surface area contributed by atoms with E-state index in [-0.39, 0.29) is 23.7 Å². The molecule has 1 aliphatic heterocycles. The van der Waals surface area contributed by atoms with Crippen molar-refractivity contribution in [1.29, 1.82) is 0 Å². The Balaban J connectivity index is 2.03. The fraction of sp³-hybridized carbons (Fsp3) is 0.750. The average molecular weight is 324 g/mol. The summed E-state index contributed by atoms with van der Waals surface area (Å²) in [6.07, 6.45) is 2.30. The Morgan fingerprint density at radius 3 is 2.17 bits per heavy atom. The van der Waals surface area contributed by atoms with Crippen LogP contribution in [0.1, 0.15) is 46.5 Å².